The number of furan rings is 1. The van der Waals surface area contributed by atoms with Crippen LogP contribution in [0.15, 0.2) is 53.1 Å². The molecular weight excluding hydrogens is 364 g/mol. The van der Waals surface area contributed by atoms with Gasteiger partial charge in [-0.3, -0.25) is 4.79 Å². The van der Waals surface area contributed by atoms with Crippen LogP contribution in [-0.2, 0) is 0 Å². The molecule has 3 aromatic rings. The van der Waals surface area contributed by atoms with Crippen molar-refractivity contribution in [3.63, 3.8) is 0 Å². The Labute approximate surface area is 162 Å². The Morgan fingerprint density at radius 3 is 2.74 bits per heavy atom. The molecule has 27 heavy (non-hydrogen) atoms. The number of benzene rings is 1. The van der Waals surface area contributed by atoms with E-state index in [0.29, 0.717) is 28.7 Å². The van der Waals surface area contributed by atoms with Crippen molar-refractivity contribution in [1.29, 1.82) is 0 Å². The number of aromatic nitrogens is 2. The molecule has 1 aromatic carbocycles. The lowest BCUT2D eigenvalue weighted by molar-refractivity contribution is 0.0612. The van der Waals surface area contributed by atoms with Gasteiger partial charge in [-0.2, -0.15) is 5.10 Å². The molecule has 6 nitrogen and oxygen atoms in total. The number of carbonyl (C=O) groups excluding carboxylic acids is 1. The highest BCUT2D eigenvalue weighted by atomic mass is 35.5. The van der Waals surface area contributed by atoms with E-state index in [4.69, 9.17) is 21.8 Å². The number of nitrogens with two attached hydrogens (primary N) is 1. The fourth-order valence-electron chi connectivity index (χ4n) is 3.52. The second-order valence-electron chi connectivity index (χ2n) is 6.91. The number of likely N-dealkylation sites (tertiary alicyclic amines) is 1. The molecule has 2 N–H and O–H groups in total. The van der Waals surface area contributed by atoms with Crippen molar-refractivity contribution in [1.82, 2.24) is 14.7 Å². The second-order valence-corrected chi connectivity index (χ2v) is 7.35. The summed E-state index contributed by atoms with van der Waals surface area (Å²) in [4.78, 5) is 14.9. The van der Waals surface area contributed by atoms with Crippen LogP contribution in [0.25, 0.3) is 17.1 Å². The summed E-state index contributed by atoms with van der Waals surface area (Å²) >= 11 is 6.00. The monoisotopic (exact) mass is 384 g/mol. The summed E-state index contributed by atoms with van der Waals surface area (Å²) in [5, 5.41) is 5.22. The summed E-state index contributed by atoms with van der Waals surface area (Å²) in [6, 6.07) is 13.0. The van der Waals surface area contributed by atoms with Crippen molar-refractivity contribution in [2.24, 2.45) is 5.73 Å². The maximum Gasteiger partial charge on any atom is 0.274 e. The van der Waals surface area contributed by atoms with Crippen LogP contribution in [0.3, 0.4) is 0 Å². The van der Waals surface area contributed by atoms with E-state index in [1.165, 1.54) is 0 Å². The second kappa shape index (κ2) is 7.21. The molecule has 0 bridgehead atoms. The van der Waals surface area contributed by atoms with Gasteiger partial charge < -0.3 is 15.1 Å². The van der Waals surface area contributed by atoms with Gasteiger partial charge in [-0.15, -0.1) is 0 Å². The zero-order valence-electron chi connectivity index (χ0n) is 15.0. The van der Waals surface area contributed by atoms with Gasteiger partial charge in [0.25, 0.3) is 5.91 Å². The smallest absolute Gasteiger partial charge is 0.274 e. The topological polar surface area (TPSA) is 77.3 Å². The SMILES string of the molecule is C[C@@H]1C[C@H](N)CCN1C(=O)c1cc(-c2ccco2)n(-c2ccc(Cl)cc2)n1. The lowest BCUT2D eigenvalue weighted by Gasteiger charge is -2.35. The summed E-state index contributed by atoms with van der Waals surface area (Å²) < 4.78 is 7.26. The van der Waals surface area contributed by atoms with E-state index in [9.17, 15) is 4.79 Å². The van der Waals surface area contributed by atoms with E-state index in [-0.39, 0.29) is 18.0 Å². The van der Waals surface area contributed by atoms with Crippen molar-refractivity contribution in [2.45, 2.75) is 31.8 Å². The average Bonchev–Trinajstić information content (AvgIpc) is 3.31. The molecule has 1 aliphatic heterocycles. The van der Waals surface area contributed by atoms with Crippen molar-refractivity contribution < 1.29 is 9.21 Å². The molecule has 4 rings (SSSR count). The van der Waals surface area contributed by atoms with Gasteiger partial charge in [0.2, 0.25) is 0 Å². The molecule has 0 saturated carbocycles. The molecule has 3 heterocycles. The fraction of sp³-hybridized carbons (Fsp3) is 0.300. The average molecular weight is 385 g/mol. The molecule has 0 unspecified atom stereocenters. The van der Waals surface area contributed by atoms with Crippen molar-refractivity contribution >= 4 is 17.5 Å². The van der Waals surface area contributed by atoms with E-state index in [1.807, 2.05) is 36.1 Å². The predicted octanol–water partition coefficient (Wildman–Crippen LogP) is 3.74. The van der Waals surface area contributed by atoms with E-state index < -0.39 is 0 Å². The molecule has 1 saturated heterocycles. The van der Waals surface area contributed by atoms with E-state index >= 15 is 0 Å². The standard InChI is InChI=1S/C20H21ClN4O2/c1-13-11-15(22)8-9-24(13)20(26)17-12-18(19-3-2-10-27-19)25(23-17)16-6-4-14(21)5-7-16/h2-7,10,12-13,15H,8-9,11,22H2,1H3/t13-,15-/m1/s1. The van der Waals surface area contributed by atoms with Gasteiger partial charge in [0.1, 0.15) is 5.69 Å². The molecular formula is C20H21ClN4O2. The minimum absolute atomic E-state index is 0.0880. The number of hydrogen-bond donors (Lipinski definition) is 1. The van der Waals surface area contributed by atoms with E-state index in [0.717, 1.165) is 18.5 Å². The van der Waals surface area contributed by atoms with Gasteiger partial charge in [0.15, 0.2) is 11.5 Å². The van der Waals surface area contributed by atoms with E-state index in [1.54, 1.807) is 29.1 Å². The Bertz CT molecular complexity index is 934. The molecule has 1 fully saturated rings. The van der Waals surface area contributed by atoms with Crippen LogP contribution >= 0.6 is 11.6 Å². The van der Waals surface area contributed by atoms with Gasteiger partial charge in [-0.25, -0.2) is 4.68 Å². The number of rotatable bonds is 3. The Balaban J connectivity index is 1.73. The molecule has 0 radical (unpaired) electrons. The zero-order chi connectivity index (χ0) is 19.0. The van der Waals surface area contributed by atoms with Crippen LogP contribution in [0, 0.1) is 0 Å². The first kappa shape index (κ1) is 17.8. The van der Waals surface area contributed by atoms with Gasteiger partial charge in [0, 0.05) is 29.7 Å². The maximum absolute atomic E-state index is 13.1. The quantitative estimate of drug-likeness (QED) is 0.746. The molecule has 2 atom stereocenters. The van der Waals surface area contributed by atoms with Crippen LogP contribution in [0.4, 0.5) is 0 Å². The molecule has 7 heteroatoms. The van der Waals surface area contributed by atoms with Crippen molar-refractivity contribution in [3.8, 4) is 17.1 Å². The Kier molecular flexibility index (Phi) is 4.76. The first-order valence-electron chi connectivity index (χ1n) is 8.99. The Hall–Kier alpha value is -2.57. The summed E-state index contributed by atoms with van der Waals surface area (Å²) in [6.45, 7) is 2.67. The molecule has 0 spiro atoms. The summed E-state index contributed by atoms with van der Waals surface area (Å²) in [7, 11) is 0. The van der Waals surface area contributed by atoms with Crippen LogP contribution in [0.1, 0.15) is 30.3 Å². The van der Waals surface area contributed by atoms with Gasteiger partial charge >= 0.3 is 0 Å². The number of carbonyl (C=O) groups is 1. The normalized spacial score (nSPS) is 20.0. The summed E-state index contributed by atoms with van der Waals surface area (Å²) in [5.74, 6) is 0.556. The van der Waals surface area contributed by atoms with Gasteiger partial charge in [0.05, 0.1) is 12.0 Å². The number of nitrogens with zero attached hydrogens (tertiary/aromatic N) is 3. The minimum Gasteiger partial charge on any atom is -0.463 e. The third-order valence-corrected chi connectivity index (χ3v) is 5.20. The third-order valence-electron chi connectivity index (χ3n) is 4.95. The van der Waals surface area contributed by atoms with Crippen molar-refractivity contribution in [3.05, 3.63) is 59.4 Å². The lowest BCUT2D eigenvalue weighted by Crippen LogP contribution is -2.48. The first-order chi connectivity index (χ1) is 13.0. The molecule has 1 amide bonds. The van der Waals surface area contributed by atoms with E-state index in [2.05, 4.69) is 5.10 Å². The molecule has 2 aromatic heterocycles. The number of halogens is 1. The summed E-state index contributed by atoms with van der Waals surface area (Å²) in [6.07, 6.45) is 3.21. The van der Waals surface area contributed by atoms with Crippen LogP contribution in [0.5, 0.6) is 0 Å². The van der Waals surface area contributed by atoms with Crippen molar-refractivity contribution in [2.75, 3.05) is 6.54 Å². The first-order valence-corrected chi connectivity index (χ1v) is 9.37. The highest BCUT2D eigenvalue weighted by Crippen LogP contribution is 2.27. The number of piperidine rings is 1. The largest absolute Gasteiger partial charge is 0.463 e. The van der Waals surface area contributed by atoms with Gasteiger partial charge in [-0.1, -0.05) is 11.6 Å². The fourth-order valence-corrected chi connectivity index (χ4v) is 3.65. The maximum atomic E-state index is 13.1. The Morgan fingerprint density at radius 1 is 1.30 bits per heavy atom. The number of amides is 1. The van der Waals surface area contributed by atoms with Crippen LogP contribution in [-0.4, -0.2) is 39.2 Å². The highest BCUT2D eigenvalue weighted by molar-refractivity contribution is 6.30. The molecule has 140 valence electrons. The van der Waals surface area contributed by atoms with Gasteiger partial charge in [-0.05, 0) is 56.2 Å². The molecule has 1 aliphatic rings. The highest BCUT2D eigenvalue weighted by Gasteiger charge is 2.30. The van der Waals surface area contributed by atoms with Crippen LogP contribution in [0.2, 0.25) is 5.02 Å². The predicted molar refractivity (Wildman–Crippen MR) is 104 cm³/mol. The lowest BCUT2D eigenvalue weighted by atomic mass is 9.99. The summed E-state index contributed by atoms with van der Waals surface area (Å²) in [5.41, 5.74) is 7.93. The number of hydrogen-bond acceptors (Lipinski definition) is 4. The zero-order valence-corrected chi connectivity index (χ0v) is 15.8. The Morgan fingerprint density at radius 2 is 2.07 bits per heavy atom. The van der Waals surface area contributed by atoms with Crippen LogP contribution < -0.4 is 5.73 Å². The minimum atomic E-state index is -0.0880. The third kappa shape index (κ3) is 3.50. The molecule has 0 aliphatic carbocycles.